The van der Waals surface area contributed by atoms with E-state index < -0.39 is 0 Å². The normalized spacial score (nSPS) is 10.2. The Morgan fingerprint density at radius 1 is 1.28 bits per heavy atom. The molecule has 1 amide bonds. The van der Waals surface area contributed by atoms with Crippen molar-refractivity contribution in [2.45, 2.75) is 13.8 Å². The van der Waals surface area contributed by atoms with Gasteiger partial charge in [0.2, 0.25) is 0 Å². The summed E-state index contributed by atoms with van der Waals surface area (Å²) < 4.78 is 0. The van der Waals surface area contributed by atoms with Crippen LogP contribution in [0.25, 0.3) is 0 Å². The second kappa shape index (κ2) is 5.19. The lowest BCUT2D eigenvalue weighted by Gasteiger charge is -2.08. The highest BCUT2D eigenvalue weighted by molar-refractivity contribution is 6.33. The van der Waals surface area contributed by atoms with E-state index in [-0.39, 0.29) is 5.91 Å². The van der Waals surface area contributed by atoms with Crippen molar-refractivity contribution in [2.75, 3.05) is 5.32 Å². The van der Waals surface area contributed by atoms with E-state index in [1.165, 1.54) is 0 Å². The molecule has 3 nitrogen and oxygen atoms in total. The highest BCUT2D eigenvalue weighted by atomic mass is 35.5. The maximum Gasteiger partial charge on any atom is 0.257 e. The summed E-state index contributed by atoms with van der Waals surface area (Å²) in [6.45, 7) is 3.90. The number of rotatable bonds is 2. The molecule has 0 spiro atoms. The minimum Gasteiger partial charge on any atom is -0.305 e. The first-order chi connectivity index (χ1) is 8.58. The molecule has 0 bridgehead atoms. The van der Waals surface area contributed by atoms with Crippen LogP contribution < -0.4 is 5.32 Å². The Morgan fingerprint density at radius 2 is 2.06 bits per heavy atom. The quantitative estimate of drug-likeness (QED) is 0.896. The average molecular weight is 261 g/mol. The first-order valence-electron chi connectivity index (χ1n) is 5.57. The monoisotopic (exact) mass is 260 g/mol. The molecule has 0 aliphatic heterocycles. The molecule has 0 atom stereocenters. The smallest absolute Gasteiger partial charge is 0.257 e. The number of hydrogen-bond donors (Lipinski definition) is 1. The van der Waals surface area contributed by atoms with Crippen molar-refractivity contribution in [2.24, 2.45) is 0 Å². The number of amides is 1. The van der Waals surface area contributed by atoms with E-state index in [2.05, 4.69) is 10.3 Å². The number of aryl methyl sites for hydroxylation is 2. The number of carbonyl (C=O) groups excluding carboxylic acids is 1. The zero-order valence-corrected chi connectivity index (χ0v) is 11.0. The van der Waals surface area contributed by atoms with Gasteiger partial charge in [0, 0.05) is 11.8 Å². The Morgan fingerprint density at radius 3 is 2.72 bits per heavy atom. The van der Waals surface area contributed by atoms with Gasteiger partial charge in [-0.15, -0.1) is 0 Å². The van der Waals surface area contributed by atoms with Gasteiger partial charge in [-0.1, -0.05) is 29.3 Å². The molecule has 18 heavy (non-hydrogen) atoms. The molecule has 2 aromatic rings. The fraction of sp³-hybridized carbons (Fsp3) is 0.143. The summed E-state index contributed by atoms with van der Waals surface area (Å²) in [5.74, 6) is 0.178. The van der Waals surface area contributed by atoms with E-state index in [1.807, 2.05) is 26.0 Å². The van der Waals surface area contributed by atoms with Crippen LogP contribution in [0.4, 0.5) is 5.82 Å². The van der Waals surface area contributed by atoms with Crippen molar-refractivity contribution in [3.05, 3.63) is 58.2 Å². The standard InChI is InChI=1S/C14H13ClN2O/c1-9-5-6-11(10(2)8-9)14(18)17-13-12(15)4-3-7-16-13/h3-8H,1-2H3,(H,16,17,18). The lowest BCUT2D eigenvalue weighted by atomic mass is 10.1. The largest absolute Gasteiger partial charge is 0.305 e. The molecule has 2 rings (SSSR count). The number of halogens is 1. The van der Waals surface area contributed by atoms with Crippen molar-refractivity contribution in [1.82, 2.24) is 4.98 Å². The van der Waals surface area contributed by atoms with Gasteiger partial charge in [0.05, 0.1) is 5.02 Å². The molecule has 0 aliphatic carbocycles. The van der Waals surface area contributed by atoms with Crippen molar-refractivity contribution in [1.29, 1.82) is 0 Å². The molecule has 1 N–H and O–H groups in total. The molecule has 0 unspecified atom stereocenters. The second-order valence-electron chi connectivity index (χ2n) is 4.11. The highest BCUT2D eigenvalue weighted by Gasteiger charge is 2.11. The number of anilines is 1. The van der Waals surface area contributed by atoms with Crippen LogP contribution in [0.1, 0.15) is 21.5 Å². The number of benzene rings is 1. The highest BCUT2D eigenvalue weighted by Crippen LogP contribution is 2.19. The Balaban J connectivity index is 2.25. The van der Waals surface area contributed by atoms with Crippen LogP contribution in [0, 0.1) is 13.8 Å². The van der Waals surface area contributed by atoms with Crippen LogP contribution in [0.2, 0.25) is 5.02 Å². The molecule has 0 fully saturated rings. The van der Waals surface area contributed by atoms with E-state index in [0.29, 0.717) is 16.4 Å². The van der Waals surface area contributed by atoms with E-state index in [1.54, 1.807) is 24.4 Å². The summed E-state index contributed by atoms with van der Waals surface area (Å²) >= 11 is 5.94. The van der Waals surface area contributed by atoms with Gasteiger partial charge in [-0.25, -0.2) is 4.98 Å². The Hall–Kier alpha value is -1.87. The van der Waals surface area contributed by atoms with Crippen LogP contribution in [0.15, 0.2) is 36.5 Å². The molecule has 0 saturated heterocycles. The molecular formula is C14H13ClN2O. The van der Waals surface area contributed by atoms with Crippen molar-refractivity contribution in [3.63, 3.8) is 0 Å². The van der Waals surface area contributed by atoms with Gasteiger partial charge < -0.3 is 5.32 Å². The van der Waals surface area contributed by atoms with Crippen LogP contribution in [0.3, 0.4) is 0 Å². The lowest BCUT2D eigenvalue weighted by Crippen LogP contribution is -2.14. The van der Waals surface area contributed by atoms with Gasteiger partial charge >= 0.3 is 0 Å². The maximum absolute atomic E-state index is 12.1. The predicted molar refractivity (Wildman–Crippen MR) is 73.1 cm³/mol. The summed E-state index contributed by atoms with van der Waals surface area (Å²) in [5.41, 5.74) is 2.68. The molecular weight excluding hydrogens is 248 g/mol. The summed E-state index contributed by atoms with van der Waals surface area (Å²) in [6.07, 6.45) is 1.59. The first kappa shape index (κ1) is 12.6. The van der Waals surface area contributed by atoms with Gasteiger partial charge in [-0.2, -0.15) is 0 Å². The average Bonchev–Trinajstić information content (AvgIpc) is 2.32. The van der Waals surface area contributed by atoms with Gasteiger partial charge in [-0.3, -0.25) is 4.79 Å². The van der Waals surface area contributed by atoms with E-state index in [9.17, 15) is 4.79 Å². The minimum absolute atomic E-state index is 0.201. The Kier molecular flexibility index (Phi) is 3.63. The molecule has 92 valence electrons. The van der Waals surface area contributed by atoms with E-state index in [0.717, 1.165) is 11.1 Å². The number of nitrogens with one attached hydrogen (secondary N) is 1. The van der Waals surface area contributed by atoms with Crippen LogP contribution in [-0.2, 0) is 0 Å². The lowest BCUT2D eigenvalue weighted by molar-refractivity contribution is 0.102. The van der Waals surface area contributed by atoms with Gasteiger partial charge in [0.15, 0.2) is 5.82 Å². The summed E-state index contributed by atoms with van der Waals surface area (Å²) in [5, 5.41) is 3.13. The summed E-state index contributed by atoms with van der Waals surface area (Å²) in [6, 6.07) is 9.08. The molecule has 4 heteroatoms. The summed E-state index contributed by atoms with van der Waals surface area (Å²) in [4.78, 5) is 16.1. The second-order valence-corrected chi connectivity index (χ2v) is 4.51. The number of aromatic nitrogens is 1. The van der Waals surface area contributed by atoms with Crippen molar-refractivity contribution < 1.29 is 4.79 Å². The Labute approximate surface area is 111 Å². The molecule has 0 saturated carbocycles. The SMILES string of the molecule is Cc1ccc(C(=O)Nc2ncccc2Cl)c(C)c1. The summed E-state index contributed by atoms with van der Waals surface area (Å²) in [7, 11) is 0. The van der Waals surface area contributed by atoms with E-state index >= 15 is 0 Å². The number of carbonyl (C=O) groups is 1. The number of nitrogens with zero attached hydrogens (tertiary/aromatic N) is 1. The number of pyridine rings is 1. The van der Waals surface area contributed by atoms with Crippen LogP contribution in [0.5, 0.6) is 0 Å². The fourth-order valence-electron chi connectivity index (χ4n) is 1.72. The third-order valence-corrected chi connectivity index (χ3v) is 2.92. The van der Waals surface area contributed by atoms with Crippen molar-refractivity contribution in [3.8, 4) is 0 Å². The zero-order chi connectivity index (χ0) is 13.1. The van der Waals surface area contributed by atoms with Crippen molar-refractivity contribution >= 4 is 23.3 Å². The van der Waals surface area contributed by atoms with Gasteiger partial charge in [0.1, 0.15) is 0 Å². The predicted octanol–water partition coefficient (Wildman–Crippen LogP) is 3.60. The van der Waals surface area contributed by atoms with Crippen LogP contribution >= 0.6 is 11.6 Å². The molecule has 1 aromatic heterocycles. The first-order valence-corrected chi connectivity index (χ1v) is 5.95. The minimum atomic E-state index is -0.201. The molecule has 0 aliphatic rings. The van der Waals surface area contributed by atoms with Gasteiger partial charge in [0.25, 0.3) is 5.91 Å². The third kappa shape index (κ3) is 2.68. The fourth-order valence-corrected chi connectivity index (χ4v) is 1.89. The van der Waals surface area contributed by atoms with Crippen LogP contribution in [-0.4, -0.2) is 10.9 Å². The van der Waals surface area contributed by atoms with E-state index in [4.69, 9.17) is 11.6 Å². The maximum atomic E-state index is 12.1. The third-order valence-electron chi connectivity index (χ3n) is 2.62. The molecule has 1 heterocycles. The molecule has 1 aromatic carbocycles. The zero-order valence-electron chi connectivity index (χ0n) is 10.2. The Bertz CT molecular complexity index is 596. The molecule has 0 radical (unpaired) electrons. The topological polar surface area (TPSA) is 42.0 Å². The van der Waals surface area contributed by atoms with Gasteiger partial charge in [-0.05, 0) is 37.6 Å². The number of hydrogen-bond acceptors (Lipinski definition) is 2.